The first kappa shape index (κ1) is 19.2. The topological polar surface area (TPSA) is 60.2 Å². The Hall–Kier alpha value is -2.82. The Labute approximate surface area is 177 Å². The third-order valence-corrected chi connectivity index (χ3v) is 7.34. The second kappa shape index (κ2) is 7.46. The Morgan fingerprint density at radius 2 is 1.70 bits per heavy atom. The Bertz CT molecular complexity index is 1000. The Kier molecular flexibility index (Phi) is 4.76. The maximum Gasteiger partial charge on any atom is 0.232 e. The largest absolute Gasteiger partial charge is 0.497 e. The molecule has 156 valence electrons. The van der Waals surface area contributed by atoms with Crippen molar-refractivity contribution in [3.05, 3.63) is 60.2 Å². The molecule has 5 nitrogen and oxygen atoms in total. The van der Waals surface area contributed by atoms with Crippen LogP contribution >= 0.6 is 0 Å². The van der Waals surface area contributed by atoms with E-state index in [4.69, 9.17) is 9.26 Å². The molecule has 1 heterocycles. The van der Waals surface area contributed by atoms with E-state index in [1.807, 2.05) is 19.1 Å². The van der Waals surface area contributed by atoms with E-state index in [1.54, 1.807) is 7.11 Å². The van der Waals surface area contributed by atoms with Gasteiger partial charge >= 0.3 is 0 Å². The summed E-state index contributed by atoms with van der Waals surface area (Å²) >= 11 is 0. The van der Waals surface area contributed by atoms with Gasteiger partial charge < -0.3 is 14.6 Å². The first-order valence-electron chi connectivity index (χ1n) is 10.9. The number of rotatable bonds is 6. The van der Waals surface area contributed by atoms with Crippen LogP contribution in [0.5, 0.6) is 5.75 Å². The standard InChI is InChI=1S/C25H29N3O2/c1-18-27-23(30-28-18)25-13-10-24(11-14-25,12-15-25)17-26-21-5-3-4-20(16-21)19-6-8-22(29-2)9-7-19/h3-9,16,26H,10-15,17H2,1-2H3. The molecule has 3 aliphatic rings. The van der Waals surface area contributed by atoms with E-state index >= 15 is 0 Å². The van der Waals surface area contributed by atoms with E-state index < -0.39 is 0 Å². The molecule has 3 fully saturated rings. The first-order valence-corrected chi connectivity index (χ1v) is 10.9. The number of ether oxygens (including phenoxy) is 1. The van der Waals surface area contributed by atoms with Gasteiger partial charge in [0.15, 0.2) is 5.82 Å². The van der Waals surface area contributed by atoms with E-state index in [0.717, 1.165) is 43.3 Å². The maximum absolute atomic E-state index is 5.57. The van der Waals surface area contributed by atoms with Gasteiger partial charge in [-0.3, -0.25) is 0 Å². The van der Waals surface area contributed by atoms with E-state index in [9.17, 15) is 0 Å². The summed E-state index contributed by atoms with van der Waals surface area (Å²) in [5.74, 6) is 2.50. The predicted molar refractivity (Wildman–Crippen MR) is 118 cm³/mol. The third kappa shape index (κ3) is 3.47. The highest BCUT2D eigenvalue weighted by atomic mass is 16.5. The molecule has 2 aromatic carbocycles. The minimum atomic E-state index is 0.122. The molecule has 6 rings (SSSR count). The average molecular weight is 404 g/mol. The summed E-state index contributed by atoms with van der Waals surface area (Å²) in [4.78, 5) is 4.57. The van der Waals surface area contributed by atoms with Crippen molar-refractivity contribution in [1.29, 1.82) is 0 Å². The molecule has 3 saturated carbocycles. The zero-order valence-electron chi connectivity index (χ0n) is 17.8. The number of hydrogen-bond donors (Lipinski definition) is 1. The molecule has 0 unspecified atom stereocenters. The van der Waals surface area contributed by atoms with Crippen molar-refractivity contribution >= 4 is 5.69 Å². The maximum atomic E-state index is 5.57. The average Bonchev–Trinajstić information content (AvgIpc) is 3.26. The second-order valence-corrected chi connectivity index (χ2v) is 9.09. The zero-order chi connectivity index (χ0) is 20.6. The van der Waals surface area contributed by atoms with Crippen LogP contribution in [0.25, 0.3) is 11.1 Å². The van der Waals surface area contributed by atoms with Crippen molar-refractivity contribution in [3.63, 3.8) is 0 Å². The van der Waals surface area contributed by atoms with Crippen molar-refractivity contribution in [1.82, 2.24) is 10.1 Å². The van der Waals surface area contributed by atoms with Gasteiger partial charge in [-0.05, 0) is 86.3 Å². The van der Waals surface area contributed by atoms with Crippen LogP contribution in [-0.2, 0) is 5.41 Å². The molecule has 1 aromatic heterocycles. The van der Waals surface area contributed by atoms with Gasteiger partial charge in [-0.25, -0.2) is 0 Å². The number of anilines is 1. The molecular formula is C25H29N3O2. The van der Waals surface area contributed by atoms with Crippen molar-refractivity contribution in [2.45, 2.75) is 50.9 Å². The molecule has 2 bridgehead atoms. The lowest BCUT2D eigenvalue weighted by Gasteiger charge is -2.52. The Balaban J connectivity index is 1.25. The molecule has 3 aliphatic carbocycles. The Morgan fingerprint density at radius 3 is 2.33 bits per heavy atom. The highest BCUT2D eigenvalue weighted by molar-refractivity contribution is 5.68. The fraction of sp³-hybridized carbons (Fsp3) is 0.440. The van der Waals surface area contributed by atoms with Crippen LogP contribution in [0.2, 0.25) is 0 Å². The molecule has 1 N–H and O–H groups in total. The highest BCUT2D eigenvalue weighted by Gasteiger charge is 2.51. The van der Waals surface area contributed by atoms with E-state index in [0.29, 0.717) is 5.41 Å². The van der Waals surface area contributed by atoms with Gasteiger partial charge in [0.2, 0.25) is 5.89 Å². The molecule has 0 amide bonds. The number of nitrogens with one attached hydrogen (secondary N) is 1. The second-order valence-electron chi connectivity index (χ2n) is 9.09. The predicted octanol–water partition coefficient (Wildman–Crippen LogP) is 5.76. The fourth-order valence-electron chi connectivity index (χ4n) is 5.24. The van der Waals surface area contributed by atoms with E-state index in [2.05, 4.69) is 51.9 Å². The number of aryl methyl sites for hydroxylation is 1. The monoisotopic (exact) mass is 403 g/mol. The molecule has 0 radical (unpaired) electrons. The van der Waals surface area contributed by atoms with Crippen LogP contribution < -0.4 is 10.1 Å². The number of nitrogens with zero attached hydrogens (tertiary/aromatic N) is 2. The minimum absolute atomic E-state index is 0.122. The number of benzene rings is 2. The molecule has 0 atom stereocenters. The van der Waals surface area contributed by atoms with Crippen LogP contribution in [-0.4, -0.2) is 23.8 Å². The summed E-state index contributed by atoms with van der Waals surface area (Å²) in [5, 5.41) is 7.78. The van der Waals surface area contributed by atoms with Crippen LogP contribution in [0.3, 0.4) is 0 Å². The summed E-state index contributed by atoms with van der Waals surface area (Å²) in [6.45, 7) is 2.93. The minimum Gasteiger partial charge on any atom is -0.497 e. The molecule has 0 saturated heterocycles. The van der Waals surface area contributed by atoms with Crippen LogP contribution in [0.4, 0.5) is 5.69 Å². The van der Waals surface area contributed by atoms with Gasteiger partial charge in [-0.15, -0.1) is 0 Å². The van der Waals surface area contributed by atoms with Crippen molar-refractivity contribution in [2.24, 2.45) is 5.41 Å². The molecule has 0 aliphatic heterocycles. The lowest BCUT2D eigenvalue weighted by atomic mass is 9.53. The first-order chi connectivity index (χ1) is 14.6. The molecular weight excluding hydrogens is 374 g/mol. The van der Waals surface area contributed by atoms with Crippen LogP contribution in [0.15, 0.2) is 53.1 Å². The van der Waals surface area contributed by atoms with E-state index in [1.165, 1.54) is 36.1 Å². The Morgan fingerprint density at radius 1 is 0.967 bits per heavy atom. The van der Waals surface area contributed by atoms with Crippen molar-refractivity contribution in [3.8, 4) is 16.9 Å². The quantitative estimate of drug-likeness (QED) is 0.567. The van der Waals surface area contributed by atoms with Gasteiger partial charge in [0.05, 0.1) is 7.11 Å². The number of aromatic nitrogens is 2. The summed E-state index contributed by atoms with van der Waals surface area (Å²) in [5.41, 5.74) is 4.11. The van der Waals surface area contributed by atoms with Gasteiger partial charge in [0.1, 0.15) is 5.75 Å². The molecule has 30 heavy (non-hydrogen) atoms. The smallest absolute Gasteiger partial charge is 0.232 e. The normalized spacial score (nSPS) is 25.3. The van der Waals surface area contributed by atoms with Gasteiger partial charge in [-0.1, -0.05) is 29.4 Å². The summed E-state index contributed by atoms with van der Waals surface area (Å²) < 4.78 is 10.8. The van der Waals surface area contributed by atoms with E-state index in [-0.39, 0.29) is 5.41 Å². The zero-order valence-corrected chi connectivity index (χ0v) is 17.8. The summed E-state index contributed by atoms with van der Waals surface area (Å²) in [7, 11) is 1.70. The van der Waals surface area contributed by atoms with Crippen molar-refractivity contribution < 1.29 is 9.26 Å². The molecule has 3 aromatic rings. The highest BCUT2D eigenvalue weighted by Crippen LogP contribution is 2.57. The summed E-state index contributed by atoms with van der Waals surface area (Å²) in [6.07, 6.45) is 7.13. The molecule has 0 spiro atoms. The lowest BCUT2D eigenvalue weighted by molar-refractivity contribution is 0.0322. The van der Waals surface area contributed by atoms with Crippen LogP contribution in [0.1, 0.15) is 50.2 Å². The van der Waals surface area contributed by atoms with Crippen LogP contribution in [0, 0.1) is 12.3 Å². The fourth-order valence-corrected chi connectivity index (χ4v) is 5.24. The molecule has 5 heteroatoms. The number of fused-ring (bicyclic) bond motifs is 3. The van der Waals surface area contributed by atoms with Gasteiger partial charge in [0.25, 0.3) is 0 Å². The summed E-state index contributed by atoms with van der Waals surface area (Å²) in [6, 6.07) is 16.9. The lowest BCUT2D eigenvalue weighted by Crippen LogP contribution is -2.47. The van der Waals surface area contributed by atoms with Crippen molar-refractivity contribution in [2.75, 3.05) is 19.0 Å². The third-order valence-electron chi connectivity index (χ3n) is 7.34. The van der Waals surface area contributed by atoms with Gasteiger partial charge in [0, 0.05) is 17.6 Å². The van der Waals surface area contributed by atoms with Gasteiger partial charge in [-0.2, -0.15) is 4.98 Å². The number of hydrogen-bond acceptors (Lipinski definition) is 5. The number of methoxy groups -OCH3 is 1. The SMILES string of the molecule is COc1ccc(-c2cccc(NCC34CCC(c5nc(C)no5)(CC3)CC4)c2)cc1.